The number of aromatic nitrogens is 2. The zero-order chi connectivity index (χ0) is 18.0. The van der Waals surface area contributed by atoms with Crippen molar-refractivity contribution < 1.29 is 14.7 Å². The van der Waals surface area contributed by atoms with Crippen LogP contribution in [-0.2, 0) is 16.6 Å². The van der Waals surface area contributed by atoms with Gasteiger partial charge in [-0.3, -0.25) is 4.79 Å². The second-order valence-electron chi connectivity index (χ2n) is 7.12. The molecule has 1 saturated heterocycles. The minimum atomic E-state index is -0.909. The van der Waals surface area contributed by atoms with Gasteiger partial charge in [0.2, 0.25) is 5.95 Å². The molecule has 2 amide bonds. The molecular weight excluding hydrogens is 322 g/mol. The Morgan fingerprint density at radius 3 is 2.92 bits per heavy atom. The lowest BCUT2D eigenvalue weighted by Crippen LogP contribution is -2.51. The number of aliphatic carboxylic acids is 1. The van der Waals surface area contributed by atoms with Crippen LogP contribution in [0.4, 0.5) is 10.7 Å². The second-order valence-corrected chi connectivity index (χ2v) is 7.12. The van der Waals surface area contributed by atoms with E-state index in [1.54, 1.807) is 4.90 Å². The third-order valence-corrected chi connectivity index (χ3v) is 5.11. The van der Waals surface area contributed by atoms with Crippen molar-refractivity contribution in [1.82, 2.24) is 20.2 Å². The molecule has 2 aliphatic rings. The summed E-state index contributed by atoms with van der Waals surface area (Å²) >= 11 is 0. The van der Waals surface area contributed by atoms with Crippen molar-refractivity contribution in [2.24, 2.45) is 0 Å². The van der Waals surface area contributed by atoms with E-state index in [4.69, 9.17) is 10.1 Å². The molecule has 1 aliphatic heterocycles. The first-order chi connectivity index (χ1) is 11.9. The third kappa shape index (κ3) is 3.52. The molecule has 2 heterocycles. The normalized spacial score (nSPS) is 21.9. The molecule has 1 aliphatic carbocycles. The van der Waals surface area contributed by atoms with Gasteiger partial charge < -0.3 is 20.2 Å². The molecule has 25 heavy (non-hydrogen) atoms. The first-order valence-corrected chi connectivity index (χ1v) is 8.69. The highest BCUT2D eigenvalue weighted by Gasteiger charge is 2.44. The molecule has 1 aromatic heterocycles. The van der Waals surface area contributed by atoms with Crippen LogP contribution < -0.4 is 10.2 Å². The van der Waals surface area contributed by atoms with E-state index in [1.807, 2.05) is 25.2 Å². The number of hydrogen-bond donors (Lipinski definition) is 2. The zero-order valence-electron chi connectivity index (χ0n) is 14.8. The molecule has 8 nitrogen and oxygen atoms in total. The first-order valence-electron chi connectivity index (χ1n) is 8.69. The molecule has 3 rings (SSSR count). The molecule has 1 fully saturated rings. The number of carboxylic acid groups (broad SMARTS) is 1. The highest BCUT2D eigenvalue weighted by molar-refractivity contribution is 5.75. The molecular formula is C17H25N5O3. The quantitative estimate of drug-likeness (QED) is 0.843. The van der Waals surface area contributed by atoms with Gasteiger partial charge in [-0.15, -0.1) is 0 Å². The summed E-state index contributed by atoms with van der Waals surface area (Å²) in [6.07, 6.45) is 5.71. The summed E-state index contributed by atoms with van der Waals surface area (Å²) in [4.78, 5) is 35.9. The van der Waals surface area contributed by atoms with Crippen molar-refractivity contribution >= 4 is 17.9 Å². The standard InChI is InChI=1S/C17H25N5O3/c1-21(2)15-19-10-12-4-7-17(14(12)20-15)6-3-9-22(11-17)16(25)18-8-5-13(23)24/h10H,3-9,11H2,1-2H3,(H,18,25)(H,23,24). The van der Waals surface area contributed by atoms with Crippen LogP contribution in [0.25, 0.3) is 0 Å². The van der Waals surface area contributed by atoms with Gasteiger partial charge >= 0.3 is 12.0 Å². The number of likely N-dealkylation sites (tertiary alicyclic amines) is 1. The summed E-state index contributed by atoms with van der Waals surface area (Å²) in [5, 5.41) is 11.4. The van der Waals surface area contributed by atoms with E-state index in [0.717, 1.165) is 31.4 Å². The van der Waals surface area contributed by atoms with Gasteiger partial charge in [0.25, 0.3) is 0 Å². The Labute approximate surface area is 147 Å². The number of carbonyl (C=O) groups is 2. The van der Waals surface area contributed by atoms with E-state index in [-0.39, 0.29) is 24.4 Å². The molecule has 0 bridgehead atoms. The lowest BCUT2D eigenvalue weighted by molar-refractivity contribution is -0.136. The maximum absolute atomic E-state index is 12.4. The minimum absolute atomic E-state index is 0.0625. The lowest BCUT2D eigenvalue weighted by Gasteiger charge is -2.40. The monoisotopic (exact) mass is 347 g/mol. The van der Waals surface area contributed by atoms with Crippen LogP contribution in [0.5, 0.6) is 0 Å². The first kappa shape index (κ1) is 17.4. The number of carbonyl (C=O) groups excluding carboxylic acids is 1. The average Bonchev–Trinajstić information content (AvgIpc) is 2.92. The number of piperidine rings is 1. The Balaban J connectivity index is 1.75. The molecule has 0 radical (unpaired) electrons. The number of urea groups is 1. The number of amides is 2. The van der Waals surface area contributed by atoms with Crippen molar-refractivity contribution in [2.75, 3.05) is 38.6 Å². The number of nitrogens with zero attached hydrogens (tertiary/aromatic N) is 4. The summed E-state index contributed by atoms with van der Waals surface area (Å²) in [6.45, 7) is 1.48. The maximum atomic E-state index is 12.4. The fourth-order valence-electron chi connectivity index (χ4n) is 3.84. The molecule has 1 unspecified atom stereocenters. The van der Waals surface area contributed by atoms with Gasteiger partial charge in [0.15, 0.2) is 0 Å². The van der Waals surface area contributed by atoms with Crippen LogP contribution >= 0.6 is 0 Å². The smallest absolute Gasteiger partial charge is 0.317 e. The predicted octanol–water partition coefficient (Wildman–Crippen LogP) is 1.01. The highest BCUT2D eigenvalue weighted by atomic mass is 16.4. The molecule has 8 heteroatoms. The number of nitrogens with one attached hydrogen (secondary N) is 1. The molecule has 1 aromatic rings. The number of anilines is 1. The number of fused-ring (bicyclic) bond motifs is 2. The van der Waals surface area contributed by atoms with E-state index in [1.165, 1.54) is 5.56 Å². The summed E-state index contributed by atoms with van der Waals surface area (Å²) in [5.41, 5.74) is 2.15. The minimum Gasteiger partial charge on any atom is -0.481 e. The summed E-state index contributed by atoms with van der Waals surface area (Å²) in [7, 11) is 3.85. The van der Waals surface area contributed by atoms with Crippen molar-refractivity contribution in [3.05, 3.63) is 17.5 Å². The van der Waals surface area contributed by atoms with Gasteiger partial charge in [-0.1, -0.05) is 0 Å². The van der Waals surface area contributed by atoms with Gasteiger partial charge in [-0.25, -0.2) is 14.8 Å². The molecule has 2 N–H and O–H groups in total. The largest absolute Gasteiger partial charge is 0.481 e. The molecule has 0 aromatic carbocycles. The van der Waals surface area contributed by atoms with Crippen LogP contribution in [0.2, 0.25) is 0 Å². The number of hydrogen-bond acceptors (Lipinski definition) is 5. The molecule has 1 spiro atoms. The zero-order valence-corrected chi connectivity index (χ0v) is 14.8. The average molecular weight is 347 g/mol. The fraction of sp³-hybridized carbons (Fsp3) is 0.647. The summed E-state index contributed by atoms with van der Waals surface area (Å²) in [6, 6.07) is -0.185. The Morgan fingerprint density at radius 1 is 1.40 bits per heavy atom. The van der Waals surface area contributed by atoms with Crippen LogP contribution in [-0.4, -0.2) is 65.7 Å². The molecule has 0 saturated carbocycles. The molecule has 1 atom stereocenters. The Bertz CT molecular complexity index is 674. The van der Waals surface area contributed by atoms with Gasteiger partial charge in [-0.05, 0) is 31.2 Å². The highest BCUT2D eigenvalue weighted by Crippen LogP contribution is 2.44. The fourth-order valence-corrected chi connectivity index (χ4v) is 3.84. The predicted molar refractivity (Wildman–Crippen MR) is 92.8 cm³/mol. The lowest BCUT2D eigenvalue weighted by atomic mass is 9.77. The SMILES string of the molecule is CN(C)c1ncc2c(n1)C1(CCCN(C(=O)NCCC(=O)O)C1)CC2. The molecule has 136 valence electrons. The van der Waals surface area contributed by atoms with Crippen molar-refractivity contribution in [3.63, 3.8) is 0 Å². The van der Waals surface area contributed by atoms with E-state index in [9.17, 15) is 9.59 Å². The van der Waals surface area contributed by atoms with E-state index in [0.29, 0.717) is 19.0 Å². The van der Waals surface area contributed by atoms with Crippen LogP contribution in [0.1, 0.15) is 36.9 Å². The van der Waals surface area contributed by atoms with Crippen LogP contribution in [0, 0.1) is 0 Å². The van der Waals surface area contributed by atoms with Gasteiger partial charge in [0, 0.05) is 45.3 Å². The van der Waals surface area contributed by atoms with Gasteiger partial charge in [0.1, 0.15) is 0 Å². The van der Waals surface area contributed by atoms with Gasteiger partial charge in [-0.2, -0.15) is 0 Å². The Hall–Kier alpha value is -2.38. The van der Waals surface area contributed by atoms with Crippen molar-refractivity contribution in [1.29, 1.82) is 0 Å². The maximum Gasteiger partial charge on any atom is 0.317 e. The Kier molecular flexibility index (Phi) is 4.78. The Morgan fingerprint density at radius 2 is 2.20 bits per heavy atom. The number of rotatable bonds is 4. The van der Waals surface area contributed by atoms with Crippen molar-refractivity contribution in [2.45, 2.75) is 37.5 Å². The summed E-state index contributed by atoms with van der Waals surface area (Å²) < 4.78 is 0. The number of carboxylic acids is 1. The van der Waals surface area contributed by atoms with Crippen molar-refractivity contribution in [3.8, 4) is 0 Å². The second kappa shape index (κ2) is 6.85. The van der Waals surface area contributed by atoms with Crippen LogP contribution in [0.3, 0.4) is 0 Å². The van der Waals surface area contributed by atoms with E-state index >= 15 is 0 Å². The topological polar surface area (TPSA) is 98.7 Å². The summed E-state index contributed by atoms with van der Waals surface area (Å²) in [5.74, 6) is -0.212. The van der Waals surface area contributed by atoms with Crippen LogP contribution in [0.15, 0.2) is 6.20 Å². The third-order valence-electron chi connectivity index (χ3n) is 5.11. The number of aryl methyl sites for hydroxylation is 1. The van der Waals surface area contributed by atoms with Gasteiger partial charge in [0.05, 0.1) is 12.1 Å². The van der Waals surface area contributed by atoms with E-state index < -0.39 is 5.97 Å². The van der Waals surface area contributed by atoms with E-state index in [2.05, 4.69) is 10.3 Å².